The Labute approximate surface area is 131 Å². The lowest BCUT2D eigenvalue weighted by Gasteiger charge is -2.20. The number of amides is 1. The Morgan fingerprint density at radius 2 is 2.04 bits per heavy atom. The van der Waals surface area contributed by atoms with E-state index in [4.69, 9.17) is 0 Å². The van der Waals surface area contributed by atoms with E-state index in [-0.39, 0.29) is 17.0 Å². The first-order chi connectivity index (χ1) is 10.7. The molecule has 0 radical (unpaired) electrons. The minimum Gasteiger partial charge on any atom is -0.351 e. The molecule has 7 heteroatoms. The first-order valence-corrected chi connectivity index (χ1v) is 7.55. The van der Waals surface area contributed by atoms with Crippen LogP contribution < -0.4 is 5.32 Å². The van der Waals surface area contributed by atoms with Crippen LogP contribution in [0.25, 0.3) is 5.65 Å². The molecule has 0 spiro atoms. The van der Waals surface area contributed by atoms with Crippen molar-refractivity contribution in [2.75, 3.05) is 6.54 Å². The Morgan fingerprint density at radius 1 is 1.35 bits per heavy atom. The summed E-state index contributed by atoms with van der Waals surface area (Å²) in [6, 6.07) is 2.91. The van der Waals surface area contributed by atoms with Crippen LogP contribution in [-0.2, 0) is 6.18 Å². The van der Waals surface area contributed by atoms with Gasteiger partial charge in [0.1, 0.15) is 5.65 Å². The van der Waals surface area contributed by atoms with Crippen molar-refractivity contribution in [2.24, 2.45) is 11.3 Å². The number of halogens is 3. The van der Waals surface area contributed by atoms with Gasteiger partial charge in [0.05, 0.1) is 5.56 Å². The number of hydrogen-bond donors (Lipinski definition) is 1. The third-order valence-electron chi connectivity index (χ3n) is 4.72. The number of nitrogens with zero attached hydrogens (tertiary/aromatic N) is 2. The number of rotatable bonds is 4. The predicted molar refractivity (Wildman–Crippen MR) is 79.0 cm³/mol. The van der Waals surface area contributed by atoms with Crippen LogP contribution in [-0.4, -0.2) is 21.8 Å². The molecule has 0 aromatic carbocycles. The van der Waals surface area contributed by atoms with Gasteiger partial charge in [-0.15, -0.1) is 0 Å². The summed E-state index contributed by atoms with van der Waals surface area (Å²) in [5.74, 6) is 0.217. The summed E-state index contributed by atoms with van der Waals surface area (Å²) in [5, 5.41) is 2.89. The monoisotopic (exact) mass is 325 g/mol. The van der Waals surface area contributed by atoms with Crippen LogP contribution in [0.5, 0.6) is 0 Å². The fourth-order valence-corrected chi connectivity index (χ4v) is 2.74. The summed E-state index contributed by atoms with van der Waals surface area (Å²) in [7, 11) is 0. The summed E-state index contributed by atoms with van der Waals surface area (Å²) < 4.78 is 39.2. The molecule has 1 amide bonds. The molecule has 4 nitrogen and oxygen atoms in total. The van der Waals surface area contributed by atoms with E-state index in [2.05, 4.69) is 24.1 Å². The molecule has 2 aromatic rings. The summed E-state index contributed by atoms with van der Waals surface area (Å²) in [4.78, 5) is 15.7. The summed E-state index contributed by atoms with van der Waals surface area (Å²) in [5.41, 5.74) is -0.303. The minimum absolute atomic E-state index is 0.162. The number of aromatic nitrogens is 2. The van der Waals surface area contributed by atoms with Crippen LogP contribution in [0.15, 0.2) is 24.5 Å². The van der Waals surface area contributed by atoms with Gasteiger partial charge in [0, 0.05) is 18.9 Å². The van der Waals surface area contributed by atoms with Gasteiger partial charge in [-0.25, -0.2) is 4.98 Å². The molecule has 1 aliphatic carbocycles. The molecule has 0 atom stereocenters. The van der Waals surface area contributed by atoms with E-state index in [1.807, 2.05) is 0 Å². The molecule has 0 aliphatic heterocycles. The van der Waals surface area contributed by atoms with Gasteiger partial charge in [-0.3, -0.25) is 4.79 Å². The summed E-state index contributed by atoms with van der Waals surface area (Å²) >= 11 is 0. The Kier molecular flexibility index (Phi) is 3.61. The maximum atomic E-state index is 12.7. The number of carbonyl (C=O) groups is 1. The highest BCUT2D eigenvalue weighted by atomic mass is 19.4. The van der Waals surface area contributed by atoms with Crippen molar-refractivity contribution in [2.45, 2.75) is 32.9 Å². The molecular weight excluding hydrogens is 307 g/mol. The van der Waals surface area contributed by atoms with Crippen molar-refractivity contribution >= 4 is 11.6 Å². The van der Waals surface area contributed by atoms with Crippen LogP contribution in [0.4, 0.5) is 13.2 Å². The van der Waals surface area contributed by atoms with Gasteiger partial charge in [-0.05, 0) is 36.3 Å². The van der Waals surface area contributed by atoms with E-state index < -0.39 is 11.9 Å². The molecule has 23 heavy (non-hydrogen) atoms. The van der Waals surface area contributed by atoms with Gasteiger partial charge in [0.2, 0.25) is 0 Å². The summed E-state index contributed by atoms with van der Waals surface area (Å²) in [6.45, 7) is 4.87. The second-order valence-corrected chi connectivity index (χ2v) is 6.51. The van der Waals surface area contributed by atoms with Gasteiger partial charge in [-0.1, -0.05) is 13.8 Å². The van der Waals surface area contributed by atoms with E-state index in [9.17, 15) is 18.0 Å². The normalized spacial score (nSPS) is 16.8. The second-order valence-electron chi connectivity index (χ2n) is 6.51. The third kappa shape index (κ3) is 3.04. The maximum Gasteiger partial charge on any atom is 0.434 e. The van der Waals surface area contributed by atoms with Crippen molar-refractivity contribution in [3.63, 3.8) is 0 Å². The van der Waals surface area contributed by atoms with Gasteiger partial charge in [-0.2, -0.15) is 13.2 Å². The Hall–Kier alpha value is -2.05. The predicted octanol–water partition coefficient (Wildman–Crippen LogP) is 3.52. The van der Waals surface area contributed by atoms with E-state index in [0.29, 0.717) is 18.0 Å². The fourth-order valence-electron chi connectivity index (χ4n) is 2.74. The van der Waals surface area contributed by atoms with Crippen molar-refractivity contribution in [1.29, 1.82) is 0 Å². The van der Waals surface area contributed by atoms with Gasteiger partial charge >= 0.3 is 6.18 Å². The molecular formula is C16H18F3N3O. The Bertz CT molecular complexity index is 745. The molecule has 1 fully saturated rings. The molecule has 1 aliphatic rings. The molecule has 124 valence electrons. The number of alkyl halides is 3. The second kappa shape index (κ2) is 5.25. The van der Waals surface area contributed by atoms with Crippen LogP contribution >= 0.6 is 0 Å². The molecule has 2 heterocycles. The maximum absolute atomic E-state index is 12.7. The highest BCUT2D eigenvalue weighted by molar-refractivity contribution is 5.94. The van der Waals surface area contributed by atoms with Crippen LogP contribution in [0.3, 0.4) is 0 Å². The molecule has 0 bridgehead atoms. The third-order valence-corrected chi connectivity index (χ3v) is 4.72. The largest absolute Gasteiger partial charge is 0.434 e. The lowest BCUT2D eigenvalue weighted by Crippen LogP contribution is -2.32. The Balaban J connectivity index is 1.76. The number of imidazole rings is 1. The molecule has 0 unspecified atom stereocenters. The smallest absolute Gasteiger partial charge is 0.351 e. The van der Waals surface area contributed by atoms with Gasteiger partial charge in [0.15, 0.2) is 5.69 Å². The average Bonchev–Trinajstić information content (AvgIpc) is 3.14. The zero-order valence-corrected chi connectivity index (χ0v) is 12.9. The van der Waals surface area contributed by atoms with Crippen LogP contribution in [0.2, 0.25) is 0 Å². The number of carbonyl (C=O) groups excluding carboxylic acids is 1. The highest BCUT2D eigenvalue weighted by Crippen LogP contribution is 2.51. The zero-order chi connectivity index (χ0) is 16.8. The van der Waals surface area contributed by atoms with Crippen LogP contribution in [0, 0.1) is 11.3 Å². The van der Waals surface area contributed by atoms with Gasteiger partial charge in [0.25, 0.3) is 5.91 Å². The molecule has 1 saturated carbocycles. The molecule has 1 N–H and O–H groups in total. The standard InChI is InChI=1S/C16H18F3N3O/c1-10(2)15(5-6-15)9-20-14(23)11-3-4-13-21-12(16(17,18)19)8-22(13)7-11/h3-4,7-8,10H,5-6,9H2,1-2H3,(H,20,23). The van der Waals surface area contributed by atoms with E-state index in [1.54, 1.807) is 0 Å². The average molecular weight is 325 g/mol. The van der Waals surface area contributed by atoms with Crippen molar-refractivity contribution < 1.29 is 18.0 Å². The van der Waals surface area contributed by atoms with E-state index in [1.165, 1.54) is 22.7 Å². The lowest BCUT2D eigenvalue weighted by molar-refractivity contribution is -0.140. The topological polar surface area (TPSA) is 46.4 Å². The number of nitrogens with one attached hydrogen (secondary N) is 1. The number of fused-ring (bicyclic) bond motifs is 1. The van der Waals surface area contributed by atoms with Crippen LogP contribution in [0.1, 0.15) is 42.7 Å². The van der Waals surface area contributed by atoms with Gasteiger partial charge < -0.3 is 9.72 Å². The molecule has 0 saturated heterocycles. The molecule has 2 aromatic heterocycles. The number of pyridine rings is 1. The fraction of sp³-hybridized carbons (Fsp3) is 0.500. The Morgan fingerprint density at radius 3 is 2.61 bits per heavy atom. The SMILES string of the molecule is CC(C)C1(CNC(=O)c2ccc3nc(C(F)(F)F)cn3c2)CC1. The minimum atomic E-state index is -4.50. The van der Waals surface area contributed by atoms with Crippen molar-refractivity contribution in [3.8, 4) is 0 Å². The van der Waals surface area contributed by atoms with E-state index in [0.717, 1.165) is 19.0 Å². The van der Waals surface area contributed by atoms with Crippen molar-refractivity contribution in [1.82, 2.24) is 14.7 Å². The first kappa shape index (κ1) is 15.8. The van der Waals surface area contributed by atoms with E-state index >= 15 is 0 Å². The summed E-state index contributed by atoms with van der Waals surface area (Å²) in [6.07, 6.45) is -0.0323. The van der Waals surface area contributed by atoms with Crippen molar-refractivity contribution in [3.05, 3.63) is 35.8 Å². The highest BCUT2D eigenvalue weighted by Gasteiger charge is 2.45. The molecule has 3 rings (SSSR count). The first-order valence-electron chi connectivity index (χ1n) is 7.55. The zero-order valence-electron chi connectivity index (χ0n) is 12.9. The number of hydrogen-bond acceptors (Lipinski definition) is 2. The quantitative estimate of drug-likeness (QED) is 0.935. The lowest BCUT2D eigenvalue weighted by atomic mass is 9.92.